The number of pyridine rings is 1. The van der Waals surface area contributed by atoms with Gasteiger partial charge in [-0.05, 0) is 61.8 Å². The van der Waals surface area contributed by atoms with Crippen molar-refractivity contribution in [1.82, 2.24) is 20.5 Å². The number of rotatable bonds is 6. The SMILES string of the molecule is Cc1cccc(CC(=O)NCC2CCC(c3[nH]ncc3-c3ccncc3)CC2)c1. The molecule has 2 heterocycles. The van der Waals surface area contributed by atoms with Crippen molar-refractivity contribution in [2.45, 2.75) is 44.9 Å². The lowest BCUT2D eigenvalue weighted by Crippen LogP contribution is -2.32. The van der Waals surface area contributed by atoms with E-state index in [-0.39, 0.29) is 5.91 Å². The van der Waals surface area contributed by atoms with E-state index in [2.05, 4.69) is 39.6 Å². The van der Waals surface area contributed by atoms with Crippen molar-refractivity contribution in [1.29, 1.82) is 0 Å². The molecule has 0 atom stereocenters. The maximum atomic E-state index is 12.3. The molecular formula is C24H28N4O. The van der Waals surface area contributed by atoms with E-state index in [4.69, 9.17) is 0 Å². The molecule has 0 bridgehead atoms. The van der Waals surface area contributed by atoms with Crippen molar-refractivity contribution < 1.29 is 4.79 Å². The van der Waals surface area contributed by atoms with Gasteiger partial charge in [-0.2, -0.15) is 5.10 Å². The van der Waals surface area contributed by atoms with Gasteiger partial charge in [0.05, 0.1) is 12.6 Å². The highest BCUT2D eigenvalue weighted by Gasteiger charge is 2.26. The molecule has 0 radical (unpaired) electrons. The first-order valence-electron chi connectivity index (χ1n) is 10.4. The van der Waals surface area contributed by atoms with Crippen LogP contribution in [0.3, 0.4) is 0 Å². The lowest BCUT2D eigenvalue weighted by Gasteiger charge is -2.28. The van der Waals surface area contributed by atoms with Gasteiger partial charge >= 0.3 is 0 Å². The van der Waals surface area contributed by atoms with E-state index in [1.165, 1.54) is 16.8 Å². The third-order valence-corrected chi connectivity index (χ3v) is 5.95. The largest absolute Gasteiger partial charge is 0.356 e. The molecule has 5 nitrogen and oxygen atoms in total. The fraction of sp³-hybridized carbons (Fsp3) is 0.375. The molecule has 0 saturated heterocycles. The molecule has 0 aliphatic heterocycles. The summed E-state index contributed by atoms with van der Waals surface area (Å²) in [6.45, 7) is 2.83. The molecule has 3 aromatic rings. The Kier molecular flexibility index (Phi) is 6.03. The number of aryl methyl sites for hydroxylation is 1. The molecule has 150 valence electrons. The van der Waals surface area contributed by atoms with Gasteiger partial charge in [0, 0.05) is 36.1 Å². The van der Waals surface area contributed by atoms with E-state index in [1.807, 2.05) is 42.9 Å². The molecule has 5 heteroatoms. The standard InChI is InChI=1S/C24H28N4O/c1-17-3-2-4-19(13-17)14-23(29)26-15-18-5-7-21(8-6-18)24-22(16-27-28-24)20-9-11-25-12-10-20/h2-4,9-13,16,18,21H,5-8,14-15H2,1H3,(H,26,29)(H,27,28). The van der Waals surface area contributed by atoms with Crippen molar-refractivity contribution in [3.63, 3.8) is 0 Å². The summed E-state index contributed by atoms with van der Waals surface area (Å²) in [6, 6.07) is 12.2. The number of nitrogens with zero attached hydrogens (tertiary/aromatic N) is 2. The summed E-state index contributed by atoms with van der Waals surface area (Å²) < 4.78 is 0. The Hall–Kier alpha value is -2.95. The number of hydrogen-bond acceptors (Lipinski definition) is 3. The summed E-state index contributed by atoms with van der Waals surface area (Å²) in [6.07, 6.45) is 10.5. The van der Waals surface area contributed by atoms with Gasteiger partial charge in [0.15, 0.2) is 0 Å². The first kappa shape index (κ1) is 19.4. The number of aromatic nitrogens is 3. The zero-order valence-corrected chi connectivity index (χ0v) is 16.9. The minimum atomic E-state index is 0.117. The van der Waals surface area contributed by atoms with E-state index in [9.17, 15) is 4.79 Å². The molecule has 1 amide bonds. The molecule has 4 rings (SSSR count). The van der Waals surface area contributed by atoms with Crippen molar-refractivity contribution in [3.05, 3.63) is 71.8 Å². The molecule has 0 spiro atoms. The van der Waals surface area contributed by atoms with E-state index in [0.717, 1.165) is 43.4 Å². The van der Waals surface area contributed by atoms with Gasteiger partial charge in [0.1, 0.15) is 0 Å². The van der Waals surface area contributed by atoms with Crippen LogP contribution in [0.1, 0.15) is 48.4 Å². The zero-order valence-electron chi connectivity index (χ0n) is 16.9. The predicted molar refractivity (Wildman–Crippen MR) is 114 cm³/mol. The minimum Gasteiger partial charge on any atom is -0.356 e. The Morgan fingerprint density at radius 2 is 1.93 bits per heavy atom. The van der Waals surface area contributed by atoms with E-state index < -0.39 is 0 Å². The predicted octanol–water partition coefficient (Wildman–Crippen LogP) is 4.41. The monoisotopic (exact) mass is 388 g/mol. The molecule has 1 aliphatic carbocycles. The fourth-order valence-corrected chi connectivity index (χ4v) is 4.35. The van der Waals surface area contributed by atoms with Gasteiger partial charge in [0.2, 0.25) is 5.91 Å². The fourth-order valence-electron chi connectivity index (χ4n) is 4.35. The molecule has 2 aromatic heterocycles. The summed E-state index contributed by atoms with van der Waals surface area (Å²) >= 11 is 0. The molecular weight excluding hydrogens is 360 g/mol. The number of carbonyl (C=O) groups excluding carboxylic acids is 1. The average Bonchev–Trinajstić information content (AvgIpc) is 3.23. The van der Waals surface area contributed by atoms with Crippen molar-refractivity contribution in [3.8, 4) is 11.1 Å². The summed E-state index contributed by atoms with van der Waals surface area (Å²) in [5, 5.41) is 10.7. The van der Waals surface area contributed by atoms with Crippen LogP contribution >= 0.6 is 0 Å². The number of amides is 1. The first-order chi connectivity index (χ1) is 14.2. The highest BCUT2D eigenvalue weighted by molar-refractivity contribution is 5.78. The molecule has 29 heavy (non-hydrogen) atoms. The Morgan fingerprint density at radius 1 is 1.14 bits per heavy atom. The smallest absolute Gasteiger partial charge is 0.224 e. The van der Waals surface area contributed by atoms with Crippen molar-refractivity contribution in [2.24, 2.45) is 5.92 Å². The Morgan fingerprint density at radius 3 is 2.69 bits per heavy atom. The lowest BCUT2D eigenvalue weighted by atomic mass is 9.79. The maximum Gasteiger partial charge on any atom is 0.224 e. The topological polar surface area (TPSA) is 70.7 Å². The normalized spacial score (nSPS) is 19.1. The molecule has 1 aromatic carbocycles. The summed E-state index contributed by atoms with van der Waals surface area (Å²) in [5.41, 5.74) is 5.85. The van der Waals surface area contributed by atoms with Crippen LogP contribution in [0.4, 0.5) is 0 Å². The van der Waals surface area contributed by atoms with E-state index in [1.54, 1.807) is 0 Å². The second-order valence-electron chi connectivity index (χ2n) is 8.12. The van der Waals surface area contributed by atoms with Gasteiger partial charge in [0.25, 0.3) is 0 Å². The number of carbonyl (C=O) groups is 1. The lowest BCUT2D eigenvalue weighted by molar-refractivity contribution is -0.120. The number of H-pyrrole nitrogens is 1. The maximum absolute atomic E-state index is 12.3. The van der Waals surface area contributed by atoms with Crippen LogP contribution in [-0.2, 0) is 11.2 Å². The van der Waals surface area contributed by atoms with Crippen LogP contribution in [-0.4, -0.2) is 27.6 Å². The second-order valence-corrected chi connectivity index (χ2v) is 8.12. The average molecular weight is 389 g/mol. The van der Waals surface area contributed by atoms with Crippen LogP contribution in [0.25, 0.3) is 11.1 Å². The van der Waals surface area contributed by atoms with Gasteiger partial charge in [-0.15, -0.1) is 0 Å². The van der Waals surface area contributed by atoms with Gasteiger partial charge in [-0.25, -0.2) is 0 Å². The molecule has 1 fully saturated rings. The van der Waals surface area contributed by atoms with Crippen LogP contribution in [0, 0.1) is 12.8 Å². The molecule has 1 saturated carbocycles. The number of nitrogens with one attached hydrogen (secondary N) is 2. The molecule has 1 aliphatic rings. The van der Waals surface area contributed by atoms with E-state index in [0.29, 0.717) is 18.3 Å². The highest BCUT2D eigenvalue weighted by Crippen LogP contribution is 2.38. The Bertz CT molecular complexity index is 942. The quantitative estimate of drug-likeness (QED) is 0.657. The third kappa shape index (κ3) is 4.91. The second kappa shape index (κ2) is 9.03. The van der Waals surface area contributed by atoms with Crippen molar-refractivity contribution in [2.75, 3.05) is 6.54 Å². The highest BCUT2D eigenvalue weighted by atomic mass is 16.1. The summed E-state index contributed by atoms with van der Waals surface area (Å²) in [5.74, 6) is 1.17. The number of aromatic amines is 1. The van der Waals surface area contributed by atoms with Gasteiger partial charge < -0.3 is 5.32 Å². The van der Waals surface area contributed by atoms with Crippen LogP contribution < -0.4 is 5.32 Å². The Balaban J connectivity index is 1.27. The molecule has 2 N–H and O–H groups in total. The minimum absolute atomic E-state index is 0.117. The number of hydrogen-bond donors (Lipinski definition) is 2. The third-order valence-electron chi connectivity index (χ3n) is 5.95. The first-order valence-corrected chi connectivity index (χ1v) is 10.4. The molecule has 0 unspecified atom stereocenters. The summed E-state index contributed by atoms with van der Waals surface area (Å²) in [4.78, 5) is 16.4. The zero-order chi connectivity index (χ0) is 20.1. The Labute approximate surface area is 172 Å². The summed E-state index contributed by atoms with van der Waals surface area (Å²) in [7, 11) is 0. The van der Waals surface area contributed by atoms with Crippen molar-refractivity contribution >= 4 is 5.91 Å². The van der Waals surface area contributed by atoms with Crippen LogP contribution in [0.5, 0.6) is 0 Å². The number of benzene rings is 1. The van der Waals surface area contributed by atoms with E-state index >= 15 is 0 Å². The van der Waals surface area contributed by atoms with Gasteiger partial charge in [-0.1, -0.05) is 29.8 Å². The van der Waals surface area contributed by atoms with Gasteiger partial charge in [-0.3, -0.25) is 14.9 Å². The van der Waals surface area contributed by atoms with Crippen LogP contribution in [0.15, 0.2) is 55.0 Å². The van der Waals surface area contributed by atoms with Crippen LogP contribution in [0.2, 0.25) is 0 Å².